The number of para-hydroxylation sites is 1. The van der Waals surface area contributed by atoms with E-state index >= 15 is 0 Å². The van der Waals surface area contributed by atoms with Crippen LogP contribution < -0.4 is 4.90 Å². The van der Waals surface area contributed by atoms with E-state index in [2.05, 4.69) is 34.3 Å². The molecule has 0 spiro atoms. The first-order chi connectivity index (χ1) is 17.2. The number of anilines is 1. The summed E-state index contributed by atoms with van der Waals surface area (Å²) in [5, 5.41) is 15.9. The molecule has 0 saturated carbocycles. The number of hydrogen-bond donors (Lipinski definition) is 0. The second-order valence-electron chi connectivity index (χ2n) is 8.49. The second-order valence-corrected chi connectivity index (χ2v) is 9.73. The maximum atomic E-state index is 11.2. The van der Waals surface area contributed by atoms with E-state index in [4.69, 9.17) is 4.84 Å². The van der Waals surface area contributed by atoms with Gasteiger partial charge in [-0.05, 0) is 17.7 Å². The highest BCUT2D eigenvalue weighted by Gasteiger charge is 2.52. The van der Waals surface area contributed by atoms with E-state index in [-0.39, 0.29) is 15.9 Å². The fourth-order valence-electron chi connectivity index (χ4n) is 4.76. The van der Waals surface area contributed by atoms with E-state index in [0.29, 0.717) is 6.42 Å². The molecular weight excluding hydrogens is 458 g/mol. The number of benzene rings is 4. The molecule has 0 N–H and O–H groups in total. The standard InChI is InChI=1S/C28H21N3O3S/c32-31(33)23-17-15-20(16-18-23)26-19-28(22-11-5-2-6-12-22)30(24-13-7-8-14-25(24)35-26)27(29-34-28)21-9-3-1-4-10-21/h1-18,26H,19H2. The number of nitrogens with zero attached hydrogens (tertiary/aromatic N) is 3. The fraction of sp³-hybridized carbons (Fsp3) is 0.107. The van der Waals surface area contributed by atoms with Crippen molar-refractivity contribution in [2.45, 2.75) is 22.3 Å². The molecule has 7 heteroatoms. The maximum absolute atomic E-state index is 11.2. The molecule has 0 bridgehead atoms. The monoisotopic (exact) mass is 479 g/mol. The Balaban J connectivity index is 1.54. The van der Waals surface area contributed by atoms with E-state index in [1.807, 2.05) is 72.8 Å². The number of nitro benzene ring substituents is 1. The third-order valence-corrected chi connectivity index (χ3v) is 7.75. The number of amidine groups is 1. The minimum atomic E-state index is -0.877. The van der Waals surface area contributed by atoms with Crippen molar-refractivity contribution in [1.29, 1.82) is 0 Å². The lowest BCUT2D eigenvalue weighted by molar-refractivity contribution is -0.384. The summed E-state index contributed by atoms with van der Waals surface area (Å²) in [5.74, 6) is 0.756. The van der Waals surface area contributed by atoms with E-state index < -0.39 is 5.72 Å². The van der Waals surface area contributed by atoms with Crippen molar-refractivity contribution in [1.82, 2.24) is 0 Å². The Morgan fingerprint density at radius 3 is 2.26 bits per heavy atom. The fourth-order valence-corrected chi connectivity index (χ4v) is 6.11. The second kappa shape index (κ2) is 8.60. The third kappa shape index (κ3) is 3.65. The van der Waals surface area contributed by atoms with Crippen molar-refractivity contribution in [2.24, 2.45) is 5.16 Å². The predicted octanol–water partition coefficient (Wildman–Crippen LogP) is 6.88. The smallest absolute Gasteiger partial charge is 0.269 e. The molecule has 2 aliphatic heterocycles. The van der Waals surface area contributed by atoms with Gasteiger partial charge in [0.25, 0.3) is 5.69 Å². The summed E-state index contributed by atoms with van der Waals surface area (Å²) >= 11 is 1.75. The molecule has 6 rings (SSSR count). The molecule has 2 heterocycles. The zero-order valence-corrected chi connectivity index (χ0v) is 19.5. The summed E-state index contributed by atoms with van der Waals surface area (Å²) in [6, 6.07) is 35.3. The molecule has 0 aliphatic carbocycles. The first kappa shape index (κ1) is 21.4. The van der Waals surface area contributed by atoms with E-state index in [1.54, 1.807) is 23.9 Å². The van der Waals surface area contributed by atoms with Crippen LogP contribution in [0.25, 0.3) is 0 Å². The number of rotatable bonds is 4. The van der Waals surface area contributed by atoms with Crippen molar-refractivity contribution >= 4 is 29.0 Å². The summed E-state index contributed by atoms with van der Waals surface area (Å²) in [5.41, 5.74) is 3.20. The molecular formula is C28H21N3O3S. The summed E-state index contributed by atoms with van der Waals surface area (Å²) < 4.78 is 0. The van der Waals surface area contributed by atoms with Gasteiger partial charge < -0.3 is 4.84 Å². The topological polar surface area (TPSA) is 68.0 Å². The average molecular weight is 480 g/mol. The maximum Gasteiger partial charge on any atom is 0.269 e. The van der Waals surface area contributed by atoms with Gasteiger partial charge in [0.2, 0.25) is 5.72 Å². The third-order valence-electron chi connectivity index (χ3n) is 6.43. The van der Waals surface area contributed by atoms with Crippen LogP contribution in [-0.2, 0) is 10.6 Å². The molecule has 0 aromatic heterocycles. The molecule has 35 heavy (non-hydrogen) atoms. The summed E-state index contributed by atoms with van der Waals surface area (Å²) in [6.45, 7) is 0. The molecule has 172 valence electrons. The summed E-state index contributed by atoms with van der Waals surface area (Å²) in [7, 11) is 0. The number of fused-ring (bicyclic) bond motifs is 3. The Kier molecular flexibility index (Phi) is 5.26. The highest BCUT2D eigenvalue weighted by atomic mass is 32.2. The number of thioether (sulfide) groups is 1. The quantitative estimate of drug-likeness (QED) is 0.236. The summed E-state index contributed by atoms with van der Waals surface area (Å²) in [4.78, 5) is 20.6. The van der Waals surface area contributed by atoms with E-state index in [1.165, 1.54) is 0 Å². The largest absolute Gasteiger partial charge is 0.360 e. The van der Waals surface area contributed by atoms with Crippen LogP contribution in [0, 0.1) is 10.1 Å². The zero-order chi connectivity index (χ0) is 23.8. The van der Waals surface area contributed by atoms with Gasteiger partial charge in [0.15, 0.2) is 5.84 Å². The van der Waals surface area contributed by atoms with Gasteiger partial charge in [-0.2, -0.15) is 0 Å². The number of non-ortho nitro benzene ring substituents is 1. The van der Waals surface area contributed by atoms with Gasteiger partial charge in [0.1, 0.15) is 0 Å². The SMILES string of the molecule is O=[N+]([O-])c1ccc(C2CC3(c4ccccc4)ON=C(c4ccccc4)N3c3ccccc3S2)cc1. The molecule has 2 aliphatic rings. The lowest BCUT2D eigenvalue weighted by Gasteiger charge is -2.37. The lowest BCUT2D eigenvalue weighted by atomic mass is 9.92. The van der Waals surface area contributed by atoms with Crippen LogP contribution in [-0.4, -0.2) is 10.8 Å². The molecule has 4 aromatic rings. The van der Waals surface area contributed by atoms with E-state index in [9.17, 15) is 10.1 Å². The van der Waals surface area contributed by atoms with Crippen molar-refractivity contribution in [3.8, 4) is 0 Å². The number of nitro groups is 1. The van der Waals surface area contributed by atoms with Crippen LogP contribution >= 0.6 is 11.8 Å². The molecule has 0 saturated heterocycles. The predicted molar refractivity (Wildman–Crippen MR) is 137 cm³/mol. The van der Waals surface area contributed by atoms with Gasteiger partial charge in [-0.1, -0.05) is 90.1 Å². The first-order valence-corrected chi connectivity index (χ1v) is 12.2. The molecule has 6 nitrogen and oxygen atoms in total. The average Bonchev–Trinajstić information content (AvgIpc) is 3.22. The zero-order valence-electron chi connectivity index (χ0n) is 18.7. The van der Waals surface area contributed by atoms with Gasteiger partial charge in [-0.25, -0.2) is 0 Å². The Morgan fingerprint density at radius 2 is 1.54 bits per heavy atom. The molecule has 2 unspecified atom stereocenters. The van der Waals surface area contributed by atoms with Gasteiger partial charge in [0.05, 0.1) is 10.6 Å². The Morgan fingerprint density at radius 1 is 0.886 bits per heavy atom. The Bertz CT molecular complexity index is 1410. The van der Waals surface area contributed by atoms with Crippen molar-refractivity contribution in [2.75, 3.05) is 4.90 Å². The van der Waals surface area contributed by atoms with Gasteiger partial charge >= 0.3 is 0 Å². The Hall–Kier alpha value is -4.10. The van der Waals surface area contributed by atoms with Gasteiger partial charge in [-0.3, -0.25) is 15.0 Å². The number of hydrogen-bond acceptors (Lipinski definition) is 6. The minimum Gasteiger partial charge on any atom is -0.360 e. The van der Waals surface area contributed by atoms with Crippen LogP contribution in [0.5, 0.6) is 0 Å². The van der Waals surface area contributed by atoms with Gasteiger partial charge in [-0.15, -0.1) is 11.8 Å². The molecule has 0 radical (unpaired) electrons. The summed E-state index contributed by atoms with van der Waals surface area (Å²) in [6.07, 6.45) is 0.591. The molecule has 4 aromatic carbocycles. The van der Waals surface area contributed by atoms with Gasteiger partial charge in [0, 0.05) is 39.8 Å². The van der Waals surface area contributed by atoms with Crippen LogP contribution in [0.15, 0.2) is 119 Å². The van der Waals surface area contributed by atoms with E-state index in [0.717, 1.165) is 33.1 Å². The first-order valence-electron chi connectivity index (χ1n) is 11.3. The molecule has 0 amide bonds. The highest BCUT2D eigenvalue weighted by Crippen LogP contribution is 2.56. The molecule has 2 atom stereocenters. The minimum absolute atomic E-state index is 0.0208. The van der Waals surface area contributed by atoms with Crippen LogP contribution in [0.2, 0.25) is 0 Å². The number of oxime groups is 1. The van der Waals surface area contributed by atoms with Crippen LogP contribution in [0.3, 0.4) is 0 Å². The van der Waals surface area contributed by atoms with Crippen molar-refractivity contribution in [3.05, 3.63) is 136 Å². The molecule has 0 fully saturated rings. The van der Waals surface area contributed by atoms with Crippen molar-refractivity contribution < 1.29 is 9.76 Å². The van der Waals surface area contributed by atoms with Crippen LogP contribution in [0.1, 0.15) is 28.4 Å². The van der Waals surface area contributed by atoms with Crippen molar-refractivity contribution in [3.63, 3.8) is 0 Å². The Labute approximate surface area is 207 Å². The van der Waals surface area contributed by atoms with Crippen LogP contribution in [0.4, 0.5) is 11.4 Å². The lowest BCUT2D eigenvalue weighted by Crippen LogP contribution is -2.47. The highest BCUT2D eigenvalue weighted by molar-refractivity contribution is 7.99. The normalized spacial score (nSPS) is 20.7.